The minimum Gasteiger partial charge on any atom is -0.475 e. The molecule has 3 aromatic rings. The van der Waals surface area contributed by atoms with Crippen LogP contribution in [0.5, 0.6) is 5.88 Å². The number of likely N-dealkylation sites (tertiary alicyclic amines) is 1. The highest BCUT2D eigenvalue weighted by molar-refractivity contribution is 5.68. The summed E-state index contributed by atoms with van der Waals surface area (Å²) in [5, 5.41) is 17.8. The van der Waals surface area contributed by atoms with Gasteiger partial charge in [0.25, 0.3) is 0 Å². The van der Waals surface area contributed by atoms with E-state index in [0.29, 0.717) is 57.3 Å². The lowest BCUT2D eigenvalue weighted by atomic mass is 9.98. The third-order valence-corrected chi connectivity index (χ3v) is 8.66. The lowest BCUT2D eigenvalue weighted by Gasteiger charge is -2.36. The average molecular weight is 638 g/mol. The Morgan fingerprint density at radius 1 is 1.09 bits per heavy atom. The monoisotopic (exact) mass is 637 g/mol. The van der Waals surface area contributed by atoms with Gasteiger partial charge in [0.05, 0.1) is 12.8 Å². The zero-order chi connectivity index (χ0) is 32.5. The number of nitrogens with one attached hydrogen (secondary N) is 1. The summed E-state index contributed by atoms with van der Waals surface area (Å²) in [6, 6.07) is 6.26. The highest BCUT2D eigenvalue weighted by Gasteiger charge is 2.27. The second kappa shape index (κ2) is 15.8. The van der Waals surface area contributed by atoms with Crippen molar-refractivity contribution < 1.29 is 24.1 Å². The summed E-state index contributed by atoms with van der Waals surface area (Å²) < 4.78 is 19.1. The Balaban J connectivity index is 1.08. The van der Waals surface area contributed by atoms with Crippen LogP contribution in [0.2, 0.25) is 0 Å². The molecule has 1 atom stereocenters. The standard InChI is InChI=1S/C34H51N7O5/c1-5-27-23-37-41-29(20-30(38-32(27)41)40-14-7-6-8-28(40)13-17-42)35-21-26-9-10-31(36-22-26)45-19-18-44-24-25-11-15-39(16-12-25)33(43)46-34(2,3)4/h9-10,20,22-23,25,28,35,42H,5-8,11-19,21,24H2,1-4H3/t28-/m0/s1. The van der Waals surface area contributed by atoms with Gasteiger partial charge in [0.15, 0.2) is 5.65 Å². The molecule has 5 heterocycles. The van der Waals surface area contributed by atoms with Crippen molar-refractivity contribution in [1.29, 1.82) is 0 Å². The van der Waals surface area contributed by atoms with Gasteiger partial charge >= 0.3 is 6.09 Å². The van der Waals surface area contributed by atoms with Crippen LogP contribution in [0.1, 0.15) is 77.3 Å². The number of hydrogen-bond acceptors (Lipinski definition) is 10. The van der Waals surface area contributed by atoms with E-state index in [9.17, 15) is 9.90 Å². The fourth-order valence-corrected chi connectivity index (χ4v) is 6.13. The quantitative estimate of drug-likeness (QED) is 0.245. The molecule has 252 valence electrons. The summed E-state index contributed by atoms with van der Waals surface area (Å²) in [5.74, 6) is 2.80. The smallest absolute Gasteiger partial charge is 0.410 e. The summed E-state index contributed by atoms with van der Waals surface area (Å²) in [7, 11) is 0. The molecular weight excluding hydrogens is 586 g/mol. The molecule has 0 aromatic carbocycles. The second-order valence-corrected chi connectivity index (χ2v) is 13.3. The number of pyridine rings is 1. The van der Waals surface area contributed by atoms with Crippen LogP contribution in [0.4, 0.5) is 16.4 Å². The molecule has 12 nitrogen and oxygen atoms in total. The molecule has 0 spiro atoms. The van der Waals surface area contributed by atoms with Gasteiger partial charge < -0.3 is 34.4 Å². The predicted octanol–water partition coefficient (Wildman–Crippen LogP) is 5.08. The number of amides is 1. The molecule has 2 N–H and O–H groups in total. The van der Waals surface area contributed by atoms with Crippen LogP contribution in [-0.2, 0) is 22.4 Å². The van der Waals surface area contributed by atoms with Crippen LogP contribution in [0, 0.1) is 5.92 Å². The zero-order valence-electron chi connectivity index (χ0n) is 27.9. The first-order chi connectivity index (χ1) is 22.2. The van der Waals surface area contributed by atoms with Crippen LogP contribution in [0.25, 0.3) is 5.65 Å². The molecular formula is C34H51N7O5. The molecule has 0 unspecified atom stereocenters. The third-order valence-electron chi connectivity index (χ3n) is 8.66. The maximum atomic E-state index is 12.3. The number of aromatic nitrogens is 4. The number of carbonyl (C=O) groups is 1. The number of rotatable bonds is 13. The maximum Gasteiger partial charge on any atom is 0.410 e. The number of aliphatic hydroxyl groups is 1. The Morgan fingerprint density at radius 3 is 2.63 bits per heavy atom. The van der Waals surface area contributed by atoms with Crippen molar-refractivity contribution in [1.82, 2.24) is 24.5 Å². The van der Waals surface area contributed by atoms with Crippen LogP contribution in [0.3, 0.4) is 0 Å². The lowest BCUT2D eigenvalue weighted by molar-refractivity contribution is 0.00997. The number of fused-ring (bicyclic) bond motifs is 1. The fraction of sp³-hybridized carbons (Fsp3) is 0.647. The summed E-state index contributed by atoms with van der Waals surface area (Å²) in [4.78, 5) is 25.9. The minimum absolute atomic E-state index is 0.180. The number of hydrogen-bond donors (Lipinski definition) is 2. The number of nitrogens with zero attached hydrogens (tertiary/aromatic N) is 6. The number of anilines is 2. The van der Waals surface area contributed by atoms with Crippen LogP contribution in [0.15, 0.2) is 30.6 Å². The molecule has 5 rings (SSSR count). The number of aliphatic hydroxyl groups excluding tert-OH is 1. The number of aryl methyl sites for hydroxylation is 1. The first-order valence-corrected chi connectivity index (χ1v) is 16.9. The van der Waals surface area contributed by atoms with E-state index in [1.165, 1.54) is 6.42 Å². The zero-order valence-corrected chi connectivity index (χ0v) is 27.9. The van der Waals surface area contributed by atoms with Crippen molar-refractivity contribution in [2.45, 2.75) is 90.8 Å². The van der Waals surface area contributed by atoms with E-state index in [0.717, 1.165) is 73.5 Å². The van der Waals surface area contributed by atoms with Gasteiger partial charge in [-0.25, -0.2) is 14.8 Å². The fourth-order valence-electron chi connectivity index (χ4n) is 6.13. The van der Waals surface area contributed by atoms with Crippen molar-refractivity contribution in [2.75, 3.05) is 56.3 Å². The van der Waals surface area contributed by atoms with Crippen molar-refractivity contribution in [2.24, 2.45) is 5.92 Å². The first kappa shape index (κ1) is 33.7. The lowest BCUT2D eigenvalue weighted by Crippen LogP contribution is -2.42. The van der Waals surface area contributed by atoms with Crippen LogP contribution >= 0.6 is 0 Å². The van der Waals surface area contributed by atoms with Gasteiger partial charge in [0.2, 0.25) is 5.88 Å². The summed E-state index contributed by atoms with van der Waals surface area (Å²) in [6.45, 7) is 12.4. The largest absolute Gasteiger partial charge is 0.475 e. The molecule has 3 aromatic heterocycles. The molecule has 2 saturated heterocycles. The normalized spacial score (nSPS) is 17.8. The third kappa shape index (κ3) is 9.00. The van der Waals surface area contributed by atoms with Crippen molar-refractivity contribution >= 4 is 23.4 Å². The Morgan fingerprint density at radius 2 is 1.91 bits per heavy atom. The van der Waals surface area contributed by atoms with Gasteiger partial charge in [-0.05, 0) is 77.2 Å². The van der Waals surface area contributed by atoms with Crippen molar-refractivity contribution in [3.8, 4) is 5.88 Å². The van der Waals surface area contributed by atoms with E-state index in [1.807, 2.05) is 49.8 Å². The SMILES string of the molecule is CCc1cnn2c(NCc3ccc(OCCOCC4CCN(C(=O)OC(C)(C)C)CC4)nc3)cc(N3CCCC[C@H]3CCO)nc12. The van der Waals surface area contributed by atoms with Crippen LogP contribution in [-0.4, -0.2) is 93.4 Å². The number of ether oxygens (including phenoxy) is 3. The summed E-state index contributed by atoms with van der Waals surface area (Å²) >= 11 is 0. The Labute approximate surface area is 272 Å². The van der Waals surface area contributed by atoms with Crippen molar-refractivity contribution in [3.05, 3.63) is 41.7 Å². The molecule has 2 aliphatic heterocycles. The highest BCUT2D eigenvalue weighted by atomic mass is 16.6. The second-order valence-electron chi connectivity index (χ2n) is 13.3. The Hall–Kier alpha value is -3.64. The average Bonchev–Trinajstić information content (AvgIpc) is 3.47. The van der Waals surface area contributed by atoms with E-state index >= 15 is 0 Å². The van der Waals surface area contributed by atoms with E-state index in [2.05, 4.69) is 33.3 Å². The topological polar surface area (TPSA) is 127 Å². The van der Waals surface area contributed by atoms with Gasteiger partial charge in [-0.2, -0.15) is 9.61 Å². The molecule has 0 saturated carbocycles. The first-order valence-electron chi connectivity index (χ1n) is 16.9. The maximum absolute atomic E-state index is 12.3. The molecule has 0 aliphatic carbocycles. The Kier molecular flexibility index (Phi) is 11.6. The molecule has 12 heteroatoms. The van der Waals surface area contributed by atoms with Gasteiger partial charge in [0, 0.05) is 69.3 Å². The van der Waals surface area contributed by atoms with E-state index in [1.54, 1.807) is 4.90 Å². The number of piperidine rings is 2. The molecule has 0 bridgehead atoms. The molecule has 46 heavy (non-hydrogen) atoms. The van der Waals surface area contributed by atoms with Gasteiger partial charge in [-0.3, -0.25) is 0 Å². The molecule has 2 fully saturated rings. The van der Waals surface area contributed by atoms with E-state index < -0.39 is 5.60 Å². The van der Waals surface area contributed by atoms with Crippen LogP contribution < -0.4 is 15.0 Å². The summed E-state index contributed by atoms with van der Waals surface area (Å²) in [6.07, 6.45) is 10.3. The number of carbonyl (C=O) groups excluding carboxylic acids is 1. The molecule has 2 aliphatic rings. The predicted molar refractivity (Wildman–Crippen MR) is 177 cm³/mol. The summed E-state index contributed by atoms with van der Waals surface area (Å²) in [5.41, 5.74) is 2.52. The van der Waals surface area contributed by atoms with Gasteiger partial charge in [-0.15, -0.1) is 0 Å². The molecule has 1 amide bonds. The van der Waals surface area contributed by atoms with Crippen molar-refractivity contribution in [3.63, 3.8) is 0 Å². The molecule has 0 radical (unpaired) electrons. The Bertz CT molecular complexity index is 1400. The van der Waals surface area contributed by atoms with Gasteiger partial charge in [0.1, 0.15) is 23.8 Å². The minimum atomic E-state index is -0.473. The van der Waals surface area contributed by atoms with E-state index in [-0.39, 0.29) is 12.7 Å². The highest BCUT2D eigenvalue weighted by Crippen LogP contribution is 2.29. The van der Waals surface area contributed by atoms with Gasteiger partial charge in [-0.1, -0.05) is 13.0 Å². The van der Waals surface area contributed by atoms with E-state index in [4.69, 9.17) is 19.2 Å².